The highest BCUT2D eigenvalue weighted by molar-refractivity contribution is 6.21. The third-order valence-electron chi connectivity index (χ3n) is 6.32. The molecule has 0 spiro atoms. The third-order valence-corrected chi connectivity index (χ3v) is 6.32. The van der Waals surface area contributed by atoms with Crippen LogP contribution in [0.15, 0.2) is 116 Å². The van der Waals surface area contributed by atoms with Gasteiger partial charge in [0.2, 0.25) is 0 Å². The van der Waals surface area contributed by atoms with Gasteiger partial charge < -0.3 is 0 Å². The number of aryl methyl sites for hydroxylation is 1. The summed E-state index contributed by atoms with van der Waals surface area (Å²) in [5.41, 5.74) is 8.12. The zero-order chi connectivity index (χ0) is 22.2. The topological polar surface area (TPSA) is 25.8 Å². The van der Waals surface area contributed by atoms with Crippen LogP contribution < -0.4 is 0 Å². The van der Waals surface area contributed by atoms with Gasteiger partial charge in [0.25, 0.3) is 0 Å². The molecule has 0 radical (unpaired) electrons. The van der Waals surface area contributed by atoms with Gasteiger partial charge in [-0.05, 0) is 62.4 Å². The second-order valence-electron chi connectivity index (χ2n) is 8.34. The summed E-state index contributed by atoms with van der Waals surface area (Å²) >= 11 is 0. The predicted molar refractivity (Wildman–Crippen MR) is 138 cm³/mol. The van der Waals surface area contributed by atoms with Crippen LogP contribution in [-0.2, 0) is 0 Å². The summed E-state index contributed by atoms with van der Waals surface area (Å²) in [6.45, 7) is 2.06. The molecule has 33 heavy (non-hydrogen) atoms. The normalized spacial score (nSPS) is 11.2. The van der Waals surface area contributed by atoms with Crippen molar-refractivity contribution in [1.29, 1.82) is 0 Å². The Morgan fingerprint density at radius 1 is 0.515 bits per heavy atom. The van der Waals surface area contributed by atoms with Crippen LogP contribution in [0.2, 0.25) is 0 Å². The lowest BCUT2D eigenvalue weighted by molar-refractivity contribution is 1.13. The van der Waals surface area contributed by atoms with Crippen LogP contribution in [0.4, 0.5) is 0 Å². The molecular weight excluding hydrogens is 400 g/mol. The maximum atomic E-state index is 4.59. The van der Waals surface area contributed by atoms with Crippen molar-refractivity contribution in [3.05, 3.63) is 121 Å². The van der Waals surface area contributed by atoms with E-state index in [9.17, 15) is 0 Å². The summed E-state index contributed by atoms with van der Waals surface area (Å²) in [7, 11) is 0. The molecule has 0 aliphatic carbocycles. The lowest BCUT2D eigenvalue weighted by atomic mass is 9.85. The van der Waals surface area contributed by atoms with E-state index >= 15 is 0 Å². The molecule has 0 saturated heterocycles. The Labute approximate surface area is 193 Å². The van der Waals surface area contributed by atoms with Crippen molar-refractivity contribution in [3.63, 3.8) is 0 Å². The van der Waals surface area contributed by atoms with E-state index < -0.39 is 0 Å². The highest BCUT2D eigenvalue weighted by atomic mass is 14.8. The van der Waals surface area contributed by atoms with Crippen molar-refractivity contribution >= 4 is 21.5 Å². The largest absolute Gasteiger partial charge is 0.245 e. The molecule has 0 saturated carbocycles. The maximum Gasteiger partial charge on any atom is 0.116 e. The van der Waals surface area contributed by atoms with E-state index in [2.05, 4.69) is 120 Å². The summed E-state index contributed by atoms with van der Waals surface area (Å²) < 4.78 is 0. The Balaban J connectivity index is 1.80. The summed E-state index contributed by atoms with van der Waals surface area (Å²) in [5, 5.41) is 5.00. The van der Waals surface area contributed by atoms with Gasteiger partial charge in [0.15, 0.2) is 0 Å². The fraction of sp³-hybridized carbons (Fsp3) is 0.0323. The fourth-order valence-corrected chi connectivity index (χ4v) is 4.86. The van der Waals surface area contributed by atoms with Crippen LogP contribution in [0.3, 0.4) is 0 Å². The summed E-state index contributed by atoms with van der Waals surface area (Å²) in [6, 6.07) is 36.9. The Hall–Kier alpha value is -4.30. The zero-order valence-electron chi connectivity index (χ0n) is 18.4. The second-order valence-corrected chi connectivity index (χ2v) is 8.34. The minimum Gasteiger partial charge on any atom is -0.245 e. The van der Waals surface area contributed by atoms with E-state index in [0.717, 1.165) is 16.8 Å². The van der Waals surface area contributed by atoms with Gasteiger partial charge in [-0.3, -0.25) is 0 Å². The van der Waals surface area contributed by atoms with Crippen LogP contribution >= 0.6 is 0 Å². The number of nitrogens with zero attached hydrogens (tertiary/aromatic N) is 2. The molecule has 2 heteroatoms. The van der Waals surface area contributed by atoms with Crippen LogP contribution in [0, 0.1) is 6.92 Å². The molecular formula is C31H22N2. The van der Waals surface area contributed by atoms with Gasteiger partial charge in [-0.25, -0.2) is 9.97 Å². The number of hydrogen-bond acceptors (Lipinski definition) is 2. The second kappa shape index (κ2) is 7.99. The molecule has 6 aromatic rings. The van der Waals surface area contributed by atoms with E-state index in [-0.39, 0.29) is 0 Å². The monoisotopic (exact) mass is 422 g/mol. The molecule has 0 atom stereocenters. The minimum atomic E-state index is 0.973. The molecule has 0 unspecified atom stereocenters. The molecule has 6 rings (SSSR count). The first-order valence-corrected chi connectivity index (χ1v) is 11.2. The van der Waals surface area contributed by atoms with Gasteiger partial charge in [0, 0.05) is 11.8 Å². The highest BCUT2D eigenvalue weighted by Crippen LogP contribution is 2.44. The highest BCUT2D eigenvalue weighted by Gasteiger charge is 2.17. The first-order chi connectivity index (χ1) is 16.3. The van der Waals surface area contributed by atoms with Crippen molar-refractivity contribution in [2.45, 2.75) is 6.92 Å². The van der Waals surface area contributed by atoms with Gasteiger partial charge in [0.1, 0.15) is 6.33 Å². The van der Waals surface area contributed by atoms with Gasteiger partial charge in [-0.15, -0.1) is 0 Å². The molecule has 0 amide bonds. The SMILES string of the molecule is Cc1cncnc1-c1ccc2c(-c3ccccc3)c3ccccc3c(-c3ccccc3)c2c1. The molecule has 0 N–H and O–H groups in total. The third kappa shape index (κ3) is 3.28. The van der Waals surface area contributed by atoms with E-state index in [1.54, 1.807) is 6.33 Å². The Morgan fingerprint density at radius 3 is 1.67 bits per heavy atom. The van der Waals surface area contributed by atoms with E-state index in [4.69, 9.17) is 0 Å². The molecule has 0 aliphatic heterocycles. The van der Waals surface area contributed by atoms with Crippen LogP contribution in [0.1, 0.15) is 5.56 Å². The van der Waals surface area contributed by atoms with Gasteiger partial charge >= 0.3 is 0 Å². The Kier molecular flexibility index (Phi) is 4.70. The van der Waals surface area contributed by atoms with Gasteiger partial charge in [0.05, 0.1) is 5.69 Å². The van der Waals surface area contributed by atoms with Crippen molar-refractivity contribution in [2.24, 2.45) is 0 Å². The first-order valence-electron chi connectivity index (χ1n) is 11.2. The van der Waals surface area contributed by atoms with Crippen LogP contribution in [-0.4, -0.2) is 9.97 Å². The van der Waals surface area contributed by atoms with Crippen LogP contribution in [0.5, 0.6) is 0 Å². The molecule has 0 bridgehead atoms. The summed E-state index contributed by atoms with van der Waals surface area (Å²) in [5.74, 6) is 0. The van der Waals surface area contributed by atoms with Crippen LogP contribution in [0.25, 0.3) is 55.1 Å². The summed E-state index contributed by atoms with van der Waals surface area (Å²) in [4.78, 5) is 8.77. The molecule has 5 aromatic carbocycles. The fourth-order valence-electron chi connectivity index (χ4n) is 4.86. The molecule has 1 heterocycles. The maximum absolute atomic E-state index is 4.59. The predicted octanol–water partition coefficient (Wildman–Crippen LogP) is 8.09. The van der Waals surface area contributed by atoms with Crippen molar-refractivity contribution in [3.8, 4) is 33.5 Å². The number of aromatic nitrogens is 2. The smallest absolute Gasteiger partial charge is 0.116 e. The van der Waals surface area contributed by atoms with E-state index in [0.29, 0.717) is 0 Å². The lowest BCUT2D eigenvalue weighted by Gasteiger charge is -2.18. The summed E-state index contributed by atoms with van der Waals surface area (Å²) in [6.07, 6.45) is 3.50. The zero-order valence-corrected chi connectivity index (χ0v) is 18.4. The standard InChI is InChI=1S/C31H22N2/c1-21-19-32-20-33-31(21)24-16-17-27-28(18-24)30(23-12-6-3-7-13-23)26-15-9-8-14-25(26)29(27)22-10-4-2-5-11-22/h2-20H,1H3. The van der Waals surface area contributed by atoms with Gasteiger partial charge in [-0.2, -0.15) is 0 Å². The lowest BCUT2D eigenvalue weighted by Crippen LogP contribution is -1.93. The van der Waals surface area contributed by atoms with Crippen molar-refractivity contribution in [1.82, 2.24) is 9.97 Å². The van der Waals surface area contributed by atoms with E-state index in [1.807, 2.05) is 6.20 Å². The number of rotatable bonds is 3. The minimum absolute atomic E-state index is 0.973. The van der Waals surface area contributed by atoms with E-state index in [1.165, 1.54) is 43.8 Å². The molecule has 156 valence electrons. The number of hydrogen-bond donors (Lipinski definition) is 0. The number of benzene rings is 5. The first kappa shape index (κ1) is 19.4. The quantitative estimate of drug-likeness (QED) is 0.269. The molecule has 0 fully saturated rings. The molecule has 2 nitrogen and oxygen atoms in total. The Morgan fingerprint density at radius 2 is 1.06 bits per heavy atom. The van der Waals surface area contributed by atoms with Gasteiger partial charge in [-0.1, -0.05) is 97.1 Å². The van der Waals surface area contributed by atoms with Crippen molar-refractivity contribution < 1.29 is 0 Å². The molecule has 0 aliphatic rings. The van der Waals surface area contributed by atoms with Crippen molar-refractivity contribution in [2.75, 3.05) is 0 Å². The molecule has 1 aromatic heterocycles. The average Bonchev–Trinajstić information content (AvgIpc) is 2.88. The number of fused-ring (bicyclic) bond motifs is 2. The average molecular weight is 423 g/mol. The Bertz CT molecular complexity index is 1600.